The first-order chi connectivity index (χ1) is 15.7. The number of nitrogens with one attached hydrogen (secondary N) is 2. The predicted octanol–water partition coefficient (Wildman–Crippen LogP) is 3.88. The van der Waals surface area contributed by atoms with Crippen molar-refractivity contribution in [3.63, 3.8) is 0 Å². The topological polar surface area (TPSA) is 102 Å². The summed E-state index contributed by atoms with van der Waals surface area (Å²) >= 11 is 12.3. The summed E-state index contributed by atoms with van der Waals surface area (Å²) in [6.45, 7) is 3.44. The van der Waals surface area contributed by atoms with Crippen LogP contribution in [0.25, 0.3) is 5.69 Å². The van der Waals surface area contributed by atoms with Gasteiger partial charge in [0, 0.05) is 27.5 Å². The summed E-state index contributed by atoms with van der Waals surface area (Å²) in [6, 6.07) is 11.5. The molecule has 1 heterocycles. The van der Waals surface area contributed by atoms with Gasteiger partial charge in [0.1, 0.15) is 6.54 Å². The van der Waals surface area contributed by atoms with Crippen molar-refractivity contribution < 1.29 is 19.1 Å². The number of halogens is 2. The minimum absolute atomic E-state index is 0.0850. The van der Waals surface area contributed by atoms with Crippen LogP contribution < -0.4 is 10.6 Å². The second-order valence-electron chi connectivity index (χ2n) is 7.22. The highest BCUT2D eigenvalue weighted by Gasteiger charge is 2.18. The van der Waals surface area contributed by atoms with E-state index in [0.29, 0.717) is 32.7 Å². The molecule has 2 amide bonds. The van der Waals surface area contributed by atoms with Crippen LogP contribution in [0, 0.1) is 13.8 Å². The quantitative estimate of drug-likeness (QED) is 0.491. The Balaban J connectivity index is 1.72. The summed E-state index contributed by atoms with van der Waals surface area (Å²) in [6.07, 6.45) is 0.0850. The van der Waals surface area contributed by atoms with E-state index in [2.05, 4.69) is 20.5 Å². The average Bonchev–Trinajstić information content (AvgIpc) is 3.05. The second kappa shape index (κ2) is 10.5. The first kappa shape index (κ1) is 24.3. The van der Waals surface area contributed by atoms with Gasteiger partial charge < -0.3 is 15.4 Å². The number of anilines is 1. The van der Waals surface area contributed by atoms with Gasteiger partial charge in [0.05, 0.1) is 29.9 Å². The third-order valence-electron chi connectivity index (χ3n) is 4.95. The molecular formula is C23H22Cl2N4O4. The number of aromatic nitrogens is 2. The number of amides is 2. The minimum Gasteiger partial charge on any atom is -0.468 e. The molecule has 10 heteroatoms. The maximum Gasteiger partial charge on any atom is 0.325 e. The van der Waals surface area contributed by atoms with Crippen LogP contribution in [0.1, 0.15) is 27.3 Å². The van der Waals surface area contributed by atoms with Gasteiger partial charge in [-0.2, -0.15) is 5.10 Å². The first-order valence-corrected chi connectivity index (χ1v) is 10.7. The predicted molar refractivity (Wildman–Crippen MR) is 126 cm³/mol. The van der Waals surface area contributed by atoms with Gasteiger partial charge in [0.2, 0.25) is 5.91 Å². The van der Waals surface area contributed by atoms with Crippen molar-refractivity contribution in [3.05, 3.63) is 75.0 Å². The Kier molecular flexibility index (Phi) is 7.73. The largest absolute Gasteiger partial charge is 0.468 e. The van der Waals surface area contributed by atoms with E-state index in [1.165, 1.54) is 13.2 Å². The van der Waals surface area contributed by atoms with E-state index in [1.807, 2.05) is 13.8 Å². The van der Waals surface area contributed by atoms with Gasteiger partial charge in [-0.15, -0.1) is 0 Å². The summed E-state index contributed by atoms with van der Waals surface area (Å²) in [4.78, 5) is 36.1. The minimum atomic E-state index is -0.556. The fourth-order valence-corrected chi connectivity index (χ4v) is 3.74. The van der Waals surface area contributed by atoms with Crippen LogP contribution in [-0.2, 0) is 20.7 Å². The molecule has 0 saturated heterocycles. The van der Waals surface area contributed by atoms with E-state index < -0.39 is 11.9 Å². The number of carbonyl (C=O) groups excluding carboxylic acids is 3. The Morgan fingerprint density at radius 1 is 1.09 bits per heavy atom. The highest BCUT2D eigenvalue weighted by atomic mass is 35.5. The molecule has 3 aromatic rings. The molecule has 0 aliphatic heterocycles. The lowest BCUT2D eigenvalue weighted by Crippen LogP contribution is -2.30. The molecule has 3 rings (SSSR count). The highest BCUT2D eigenvalue weighted by molar-refractivity contribution is 6.35. The SMILES string of the molecule is COC(=O)CNC(=O)c1cccc(NC(=O)Cc2c(C)nn(-c3ccc(Cl)cc3Cl)c2C)c1. The van der Waals surface area contributed by atoms with Crippen LogP contribution in [-0.4, -0.2) is 41.2 Å². The molecule has 0 bridgehead atoms. The third-order valence-corrected chi connectivity index (χ3v) is 5.48. The molecule has 8 nitrogen and oxygen atoms in total. The van der Waals surface area contributed by atoms with Gasteiger partial charge in [-0.05, 0) is 50.2 Å². The van der Waals surface area contributed by atoms with Crippen LogP contribution in [0.4, 0.5) is 5.69 Å². The number of aryl methyl sites for hydroxylation is 1. The maximum absolute atomic E-state index is 12.7. The number of benzene rings is 2. The third kappa shape index (κ3) is 5.91. The van der Waals surface area contributed by atoms with Gasteiger partial charge in [0.25, 0.3) is 5.91 Å². The molecule has 0 aliphatic carbocycles. The number of nitrogens with zero attached hydrogens (tertiary/aromatic N) is 2. The Labute approximate surface area is 200 Å². The zero-order valence-corrected chi connectivity index (χ0v) is 19.8. The summed E-state index contributed by atoms with van der Waals surface area (Å²) in [7, 11) is 1.24. The number of carbonyl (C=O) groups is 3. The van der Waals surface area contributed by atoms with Crippen molar-refractivity contribution in [1.29, 1.82) is 0 Å². The fourth-order valence-electron chi connectivity index (χ4n) is 3.25. The molecule has 0 fully saturated rings. The standard InChI is InChI=1S/C23H22Cl2N4O4/c1-13-18(14(2)29(28-13)20-8-7-16(24)10-19(20)25)11-21(30)27-17-6-4-5-15(9-17)23(32)26-12-22(31)33-3/h4-10H,11-12H2,1-3H3,(H,26,32)(H,27,30). The summed E-state index contributed by atoms with van der Waals surface area (Å²) < 4.78 is 6.18. The zero-order chi connectivity index (χ0) is 24.1. The van der Waals surface area contributed by atoms with Crippen molar-refractivity contribution in [3.8, 4) is 5.69 Å². The van der Waals surface area contributed by atoms with Gasteiger partial charge in [-0.3, -0.25) is 14.4 Å². The highest BCUT2D eigenvalue weighted by Crippen LogP contribution is 2.27. The Morgan fingerprint density at radius 3 is 2.55 bits per heavy atom. The van der Waals surface area contributed by atoms with Crippen molar-refractivity contribution in [1.82, 2.24) is 15.1 Å². The molecule has 0 atom stereocenters. The fraction of sp³-hybridized carbons (Fsp3) is 0.217. The maximum atomic E-state index is 12.7. The molecular weight excluding hydrogens is 467 g/mol. The van der Waals surface area contributed by atoms with Crippen molar-refractivity contribution in [2.75, 3.05) is 19.0 Å². The zero-order valence-electron chi connectivity index (χ0n) is 18.2. The van der Waals surface area contributed by atoms with Crippen LogP contribution in [0.15, 0.2) is 42.5 Å². The lowest BCUT2D eigenvalue weighted by Gasteiger charge is -2.09. The van der Waals surface area contributed by atoms with Gasteiger partial charge in [0.15, 0.2) is 0 Å². The molecule has 0 radical (unpaired) electrons. The van der Waals surface area contributed by atoms with Crippen molar-refractivity contribution in [2.45, 2.75) is 20.3 Å². The monoisotopic (exact) mass is 488 g/mol. The molecule has 0 saturated carbocycles. The van der Waals surface area contributed by atoms with Crippen LogP contribution in [0.3, 0.4) is 0 Å². The van der Waals surface area contributed by atoms with Gasteiger partial charge >= 0.3 is 5.97 Å². The number of hydrogen-bond donors (Lipinski definition) is 2. The smallest absolute Gasteiger partial charge is 0.325 e. The summed E-state index contributed by atoms with van der Waals surface area (Å²) in [5.74, 6) is -1.28. The van der Waals surface area contributed by atoms with Crippen LogP contribution in [0.2, 0.25) is 10.0 Å². The normalized spacial score (nSPS) is 10.6. The Hall–Kier alpha value is -3.36. The number of esters is 1. The van der Waals surface area contributed by atoms with Crippen molar-refractivity contribution >= 4 is 46.7 Å². The lowest BCUT2D eigenvalue weighted by molar-refractivity contribution is -0.139. The van der Waals surface area contributed by atoms with Crippen LogP contribution >= 0.6 is 23.2 Å². The molecule has 0 unspecified atom stereocenters. The van der Waals surface area contributed by atoms with Crippen molar-refractivity contribution in [2.24, 2.45) is 0 Å². The van der Waals surface area contributed by atoms with Gasteiger partial charge in [-0.25, -0.2) is 4.68 Å². The Bertz CT molecular complexity index is 1220. The van der Waals surface area contributed by atoms with E-state index in [9.17, 15) is 14.4 Å². The van der Waals surface area contributed by atoms with E-state index in [-0.39, 0.29) is 18.9 Å². The van der Waals surface area contributed by atoms with E-state index in [0.717, 1.165) is 11.3 Å². The van der Waals surface area contributed by atoms with E-state index in [1.54, 1.807) is 41.1 Å². The molecule has 0 spiro atoms. The molecule has 0 aliphatic rings. The molecule has 1 aromatic heterocycles. The first-order valence-electron chi connectivity index (χ1n) is 9.95. The van der Waals surface area contributed by atoms with Gasteiger partial charge in [-0.1, -0.05) is 29.3 Å². The number of methoxy groups -OCH3 is 1. The molecule has 172 valence electrons. The Morgan fingerprint density at radius 2 is 1.85 bits per heavy atom. The summed E-state index contributed by atoms with van der Waals surface area (Å²) in [5, 5.41) is 10.7. The molecule has 2 aromatic carbocycles. The lowest BCUT2D eigenvalue weighted by atomic mass is 10.1. The number of hydrogen-bond acceptors (Lipinski definition) is 5. The van der Waals surface area contributed by atoms with Crippen LogP contribution in [0.5, 0.6) is 0 Å². The molecule has 33 heavy (non-hydrogen) atoms. The van der Waals surface area contributed by atoms with E-state index >= 15 is 0 Å². The number of ether oxygens (including phenoxy) is 1. The average molecular weight is 489 g/mol. The summed E-state index contributed by atoms with van der Waals surface area (Å²) in [5.41, 5.74) is 3.67. The van der Waals surface area contributed by atoms with E-state index in [4.69, 9.17) is 23.2 Å². The second-order valence-corrected chi connectivity index (χ2v) is 8.07. The molecule has 2 N–H and O–H groups in total. The number of rotatable bonds is 7.